The first-order valence-electron chi connectivity index (χ1n) is 14.9. The van der Waals surface area contributed by atoms with Crippen molar-refractivity contribution in [3.63, 3.8) is 0 Å². The van der Waals surface area contributed by atoms with Crippen molar-refractivity contribution in [2.45, 2.75) is 70.0 Å². The Labute approximate surface area is 246 Å². The van der Waals surface area contributed by atoms with Gasteiger partial charge in [-0.2, -0.15) is 0 Å². The molecular weight excluding hydrogens is 532 g/mol. The van der Waals surface area contributed by atoms with Gasteiger partial charge in [-0.25, -0.2) is 0 Å². The highest BCUT2D eigenvalue weighted by molar-refractivity contribution is 6.38. The molecule has 1 aliphatic heterocycles. The number of Topliss-reactive ketones (excluding diaryl/α,β-unsaturated/α-hetero) is 1. The van der Waals surface area contributed by atoms with Crippen LogP contribution in [0.15, 0.2) is 66.7 Å². The smallest absolute Gasteiger partial charge is 0.289 e. The van der Waals surface area contributed by atoms with Gasteiger partial charge >= 0.3 is 0 Å². The molecular formula is C33H40N4O5. The van der Waals surface area contributed by atoms with Crippen molar-refractivity contribution in [3.05, 3.63) is 77.9 Å². The summed E-state index contributed by atoms with van der Waals surface area (Å²) in [5, 5.41) is 10.9. The lowest BCUT2D eigenvalue weighted by Gasteiger charge is -2.28. The largest absolute Gasteiger partial charge is 0.356 e. The quantitative estimate of drug-likeness (QED) is 0.216. The number of hydrogen-bond donors (Lipinski definition) is 4. The molecule has 4 amide bonds. The fraction of sp³-hybridized carbons (Fsp3) is 0.424. The highest BCUT2D eigenvalue weighted by Crippen LogP contribution is 2.27. The molecule has 2 aromatic carbocycles. The molecule has 0 aromatic heterocycles. The molecule has 4 N–H and O–H groups in total. The van der Waals surface area contributed by atoms with Crippen molar-refractivity contribution >= 4 is 35.5 Å². The van der Waals surface area contributed by atoms with Crippen LogP contribution in [-0.2, 0) is 30.5 Å². The van der Waals surface area contributed by atoms with E-state index in [1.807, 2.05) is 60.7 Å². The first-order valence-corrected chi connectivity index (χ1v) is 14.9. The molecule has 1 saturated heterocycles. The Morgan fingerprint density at radius 2 is 1.52 bits per heavy atom. The van der Waals surface area contributed by atoms with Crippen LogP contribution in [0.25, 0.3) is 6.08 Å². The summed E-state index contributed by atoms with van der Waals surface area (Å²) in [4.78, 5) is 65.1. The normalized spacial score (nSPS) is 18.6. The predicted octanol–water partition coefficient (Wildman–Crippen LogP) is 3.05. The van der Waals surface area contributed by atoms with Gasteiger partial charge < -0.3 is 21.3 Å². The Balaban J connectivity index is 1.47. The van der Waals surface area contributed by atoms with E-state index >= 15 is 0 Å². The van der Waals surface area contributed by atoms with Gasteiger partial charge in [0.1, 0.15) is 6.04 Å². The number of carbonyl (C=O) groups is 5. The van der Waals surface area contributed by atoms with E-state index in [4.69, 9.17) is 0 Å². The maximum atomic E-state index is 13.7. The van der Waals surface area contributed by atoms with Gasteiger partial charge in [0.25, 0.3) is 5.91 Å². The van der Waals surface area contributed by atoms with Crippen molar-refractivity contribution < 1.29 is 24.0 Å². The van der Waals surface area contributed by atoms with Crippen LogP contribution < -0.4 is 21.3 Å². The van der Waals surface area contributed by atoms with Crippen molar-refractivity contribution in [1.82, 2.24) is 21.3 Å². The molecule has 0 unspecified atom stereocenters. The molecule has 222 valence electrons. The number of rotatable bonds is 13. The molecule has 3 atom stereocenters. The minimum absolute atomic E-state index is 0.00711. The molecule has 2 fully saturated rings. The molecule has 2 aromatic rings. The molecule has 1 saturated carbocycles. The van der Waals surface area contributed by atoms with E-state index in [1.54, 1.807) is 6.08 Å². The fourth-order valence-corrected chi connectivity index (χ4v) is 5.63. The fourth-order valence-electron chi connectivity index (χ4n) is 5.63. The van der Waals surface area contributed by atoms with Crippen LogP contribution in [0, 0.1) is 11.8 Å². The standard InChI is InChI=1S/C33H40N4O5/c38-29(17-16-23-10-4-1-5-11-23)36-28(20-24-12-6-2-7-13-24)32(41)37-27(21-26-18-19-34-31(26)40)30(39)33(42)35-22-25-14-8-3-9-15-25/h1,3-5,8-11,14-17,24,26-28H,2,6-7,12-13,18-22H2,(H,34,40)(H,35,42)(H,36,38)(H,37,41)/b17-16+/t26-,27+,28+/m0/s1. The lowest BCUT2D eigenvalue weighted by molar-refractivity contribution is -0.141. The maximum absolute atomic E-state index is 13.7. The topological polar surface area (TPSA) is 133 Å². The van der Waals surface area contributed by atoms with Crippen LogP contribution >= 0.6 is 0 Å². The summed E-state index contributed by atoms with van der Waals surface area (Å²) in [5.41, 5.74) is 1.68. The second-order valence-electron chi connectivity index (χ2n) is 11.2. The summed E-state index contributed by atoms with van der Waals surface area (Å²) in [5.74, 6) is -3.04. The average Bonchev–Trinajstić information content (AvgIpc) is 3.43. The Hall–Kier alpha value is -4.27. The Kier molecular flexibility index (Phi) is 11.4. The van der Waals surface area contributed by atoms with Gasteiger partial charge in [0.15, 0.2) is 0 Å². The lowest BCUT2D eigenvalue weighted by atomic mass is 9.84. The monoisotopic (exact) mass is 572 g/mol. The second-order valence-corrected chi connectivity index (χ2v) is 11.2. The van der Waals surface area contributed by atoms with E-state index in [-0.39, 0.29) is 24.8 Å². The summed E-state index contributed by atoms with van der Waals surface area (Å²) < 4.78 is 0. The van der Waals surface area contributed by atoms with Crippen LogP contribution in [0.5, 0.6) is 0 Å². The third kappa shape index (κ3) is 9.39. The Morgan fingerprint density at radius 3 is 2.19 bits per heavy atom. The number of amides is 4. The average molecular weight is 573 g/mol. The molecule has 1 heterocycles. The molecule has 1 aliphatic carbocycles. The highest BCUT2D eigenvalue weighted by atomic mass is 16.2. The van der Waals surface area contributed by atoms with Crippen LogP contribution in [0.4, 0.5) is 0 Å². The number of benzene rings is 2. The van der Waals surface area contributed by atoms with Gasteiger partial charge in [-0.15, -0.1) is 0 Å². The zero-order valence-electron chi connectivity index (χ0n) is 23.8. The van der Waals surface area contributed by atoms with Crippen molar-refractivity contribution in [2.75, 3.05) is 6.54 Å². The Bertz CT molecular complexity index is 1260. The molecule has 4 rings (SSSR count). The van der Waals surface area contributed by atoms with Crippen LogP contribution in [0.2, 0.25) is 0 Å². The predicted molar refractivity (Wildman–Crippen MR) is 160 cm³/mol. The van der Waals surface area contributed by atoms with Crippen molar-refractivity contribution in [2.24, 2.45) is 11.8 Å². The SMILES string of the molecule is O=C(/C=C/c1ccccc1)N[C@H](CC1CCCCC1)C(=O)N[C@H](C[C@@H]1CCNC1=O)C(=O)C(=O)NCc1ccccc1. The molecule has 0 radical (unpaired) electrons. The second kappa shape index (κ2) is 15.7. The minimum atomic E-state index is -1.20. The van der Waals surface area contributed by atoms with Crippen molar-refractivity contribution in [1.29, 1.82) is 0 Å². The van der Waals surface area contributed by atoms with Crippen LogP contribution in [0.1, 0.15) is 62.5 Å². The number of carbonyl (C=O) groups excluding carboxylic acids is 5. The van der Waals surface area contributed by atoms with Gasteiger partial charge in [0.2, 0.25) is 23.5 Å². The van der Waals surface area contributed by atoms with Gasteiger partial charge in [0, 0.05) is 25.1 Å². The first-order chi connectivity index (χ1) is 20.4. The summed E-state index contributed by atoms with van der Waals surface area (Å²) in [6, 6.07) is 16.5. The van der Waals surface area contributed by atoms with Gasteiger partial charge in [-0.1, -0.05) is 92.8 Å². The van der Waals surface area contributed by atoms with Crippen LogP contribution in [-0.4, -0.2) is 48.0 Å². The molecule has 42 heavy (non-hydrogen) atoms. The third-order valence-corrected chi connectivity index (χ3v) is 7.99. The highest BCUT2D eigenvalue weighted by Gasteiger charge is 2.36. The zero-order valence-corrected chi connectivity index (χ0v) is 23.8. The van der Waals surface area contributed by atoms with Crippen molar-refractivity contribution in [3.8, 4) is 0 Å². The number of ketones is 1. The first kappa shape index (κ1) is 30.7. The molecule has 9 nitrogen and oxygen atoms in total. The maximum Gasteiger partial charge on any atom is 0.289 e. The van der Waals surface area contributed by atoms with E-state index in [2.05, 4.69) is 21.3 Å². The van der Waals surface area contributed by atoms with Gasteiger partial charge in [-0.3, -0.25) is 24.0 Å². The van der Waals surface area contributed by atoms with E-state index in [9.17, 15) is 24.0 Å². The van der Waals surface area contributed by atoms with E-state index < -0.39 is 41.5 Å². The number of nitrogens with one attached hydrogen (secondary N) is 4. The summed E-state index contributed by atoms with van der Waals surface area (Å²) in [7, 11) is 0. The zero-order chi connectivity index (χ0) is 29.7. The van der Waals surface area contributed by atoms with E-state index in [1.165, 1.54) is 6.08 Å². The third-order valence-electron chi connectivity index (χ3n) is 7.99. The summed E-state index contributed by atoms with van der Waals surface area (Å²) in [6.07, 6.45) is 9.23. The molecule has 0 bridgehead atoms. The summed E-state index contributed by atoms with van der Waals surface area (Å²) in [6.45, 7) is 0.636. The Morgan fingerprint density at radius 1 is 0.833 bits per heavy atom. The van der Waals surface area contributed by atoms with Gasteiger partial charge in [0.05, 0.1) is 6.04 Å². The lowest BCUT2D eigenvalue weighted by Crippen LogP contribution is -2.54. The van der Waals surface area contributed by atoms with Gasteiger partial charge in [-0.05, 0) is 42.4 Å². The summed E-state index contributed by atoms with van der Waals surface area (Å²) >= 11 is 0. The van der Waals surface area contributed by atoms with Crippen LogP contribution in [0.3, 0.4) is 0 Å². The van der Waals surface area contributed by atoms with E-state index in [0.29, 0.717) is 19.4 Å². The molecule has 0 spiro atoms. The minimum Gasteiger partial charge on any atom is -0.356 e. The molecule has 9 heteroatoms. The molecule has 2 aliphatic rings. The van der Waals surface area contributed by atoms with E-state index in [0.717, 1.165) is 43.2 Å². The number of hydrogen-bond acceptors (Lipinski definition) is 5.